The highest BCUT2D eigenvalue weighted by Gasteiger charge is 2.32. The summed E-state index contributed by atoms with van der Waals surface area (Å²) in [6.45, 7) is 1.79. The average Bonchev–Trinajstić information content (AvgIpc) is 2.57. The SMILES string of the molecule is COc1ccc(CN2CCNC(=O)C2CC(=O)N(C)C)c(OC)c1. The summed E-state index contributed by atoms with van der Waals surface area (Å²) in [4.78, 5) is 27.8. The lowest BCUT2D eigenvalue weighted by atomic mass is 10.1. The van der Waals surface area contributed by atoms with Crippen molar-refractivity contribution in [3.8, 4) is 11.5 Å². The van der Waals surface area contributed by atoms with Crippen LogP contribution in [0.3, 0.4) is 0 Å². The zero-order chi connectivity index (χ0) is 17.7. The van der Waals surface area contributed by atoms with Crippen molar-refractivity contribution >= 4 is 11.8 Å². The first-order valence-electron chi connectivity index (χ1n) is 7.89. The lowest BCUT2D eigenvalue weighted by Crippen LogP contribution is -2.56. The molecule has 1 atom stereocenters. The van der Waals surface area contributed by atoms with E-state index >= 15 is 0 Å². The quantitative estimate of drug-likeness (QED) is 0.819. The van der Waals surface area contributed by atoms with Gasteiger partial charge in [-0.1, -0.05) is 6.07 Å². The number of rotatable bonds is 6. The maximum Gasteiger partial charge on any atom is 0.237 e. The van der Waals surface area contributed by atoms with Crippen LogP contribution < -0.4 is 14.8 Å². The third-order valence-electron chi connectivity index (χ3n) is 4.18. The summed E-state index contributed by atoms with van der Waals surface area (Å²) in [7, 11) is 6.60. The fraction of sp³-hybridized carbons (Fsp3) is 0.529. The van der Waals surface area contributed by atoms with Gasteiger partial charge in [-0.05, 0) is 6.07 Å². The molecular weight excluding hydrogens is 310 g/mol. The molecule has 1 aliphatic heterocycles. The molecule has 2 rings (SSSR count). The minimum atomic E-state index is -0.472. The van der Waals surface area contributed by atoms with Gasteiger partial charge in [0.05, 0.1) is 26.7 Å². The highest BCUT2D eigenvalue weighted by molar-refractivity contribution is 5.88. The normalized spacial score (nSPS) is 18.0. The first kappa shape index (κ1) is 18.1. The summed E-state index contributed by atoms with van der Waals surface area (Å²) in [6.07, 6.45) is 0.164. The number of methoxy groups -OCH3 is 2. The Balaban J connectivity index is 2.19. The standard InChI is InChI=1S/C17H25N3O4/c1-19(2)16(21)10-14-17(22)18-7-8-20(14)11-12-5-6-13(23-3)9-15(12)24-4/h5-6,9,14H,7-8,10-11H2,1-4H3,(H,18,22). The van der Waals surface area contributed by atoms with Gasteiger partial charge in [0.15, 0.2) is 0 Å². The third-order valence-corrected chi connectivity index (χ3v) is 4.18. The maximum absolute atomic E-state index is 12.2. The maximum atomic E-state index is 12.2. The summed E-state index contributed by atoms with van der Waals surface area (Å²) < 4.78 is 10.6. The van der Waals surface area contributed by atoms with Crippen LogP contribution in [0, 0.1) is 0 Å². The Labute approximate surface area is 142 Å². The summed E-state index contributed by atoms with van der Waals surface area (Å²) >= 11 is 0. The van der Waals surface area contributed by atoms with Crippen molar-refractivity contribution < 1.29 is 19.1 Å². The number of hydrogen-bond acceptors (Lipinski definition) is 5. The molecule has 1 aromatic rings. The van der Waals surface area contributed by atoms with Crippen LogP contribution in [-0.4, -0.2) is 69.1 Å². The van der Waals surface area contributed by atoms with Crippen molar-refractivity contribution in [1.82, 2.24) is 15.1 Å². The van der Waals surface area contributed by atoms with Crippen molar-refractivity contribution in [2.24, 2.45) is 0 Å². The smallest absolute Gasteiger partial charge is 0.237 e. The molecule has 2 amide bonds. The first-order chi connectivity index (χ1) is 11.5. The molecule has 1 saturated heterocycles. The van der Waals surface area contributed by atoms with Crippen LogP contribution in [0.1, 0.15) is 12.0 Å². The number of benzene rings is 1. The number of nitrogens with one attached hydrogen (secondary N) is 1. The zero-order valence-corrected chi connectivity index (χ0v) is 14.7. The van der Waals surface area contributed by atoms with E-state index in [4.69, 9.17) is 9.47 Å². The van der Waals surface area contributed by atoms with Crippen molar-refractivity contribution in [2.75, 3.05) is 41.4 Å². The fourth-order valence-corrected chi connectivity index (χ4v) is 2.72. The minimum Gasteiger partial charge on any atom is -0.497 e. The Morgan fingerprint density at radius 3 is 2.71 bits per heavy atom. The molecule has 24 heavy (non-hydrogen) atoms. The van der Waals surface area contributed by atoms with Gasteiger partial charge >= 0.3 is 0 Å². The molecule has 0 aliphatic carbocycles. The van der Waals surface area contributed by atoms with Crippen LogP contribution >= 0.6 is 0 Å². The third kappa shape index (κ3) is 4.17. The van der Waals surface area contributed by atoms with E-state index in [1.54, 1.807) is 28.3 Å². The van der Waals surface area contributed by atoms with Gasteiger partial charge in [-0.2, -0.15) is 0 Å². The van der Waals surface area contributed by atoms with Gasteiger partial charge in [0.2, 0.25) is 11.8 Å². The number of amides is 2. The largest absolute Gasteiger partial charge is 0.497 e. The Morgan fingerprint density at radius 2 is 2.08 bits per heavy atom. The monoisotopic (exact) mass is 335 g/mol. The Bertz CT molecular complexity index is 603. The van der Waals surface area contributed by atoms with Crippen LogP contribution in [0.15, 0.2) is 18.2 Å². The van der Waals surface area contributed by atoms with Gasteiger partial charge in [-0.25, -0.2) is 0 Å². The summed E-state index contributed by atoms with van der Waals surface area (Å²) in [5.41, 5.74) is 0.954. The van der Waals surface area contributed by atoms with Crippen molar-refractivity contribution in [3.63, 3.8) is 0 Å². The van der Waals surface area contributed by atoms with Gasteiger partial charge in [0, 0.05) is 45.4 Å². The second kappa shape index (κ2) is 8.01. The molecule has 0 saturated carbocycles. The van der Waals surface area contributed by atoms with Gasteiger partial charge in [-0.15, -0.1) is 0 Å². The zero-order valence-electron chi connectivity index (χ0n) is 14.7. The average molecular weight is 335 g/mol. The van der Waals surface area contributed by atoms with Gasteiger partial charge in [0.1, 0.15) is 11.5 Å². The first-order valence-corrected chi connectivity index (χ1v) is 7.89. The molecule has 1 aliphatic rings. The molecular formula is C17H25N3O4. The molecule has 0 bridgehead atoms. The van der Waals surface area contributed by atoms with Crippen molar-refractivity contribution in [3.05, 3.63) is 23.8 Å². The van der Waals surface area contributed by atoms with E-state index in [1.165, 1.54) is 4.90 Å². The summed E-state index contributed by atoms with van der Waals surface area (Å²) in [6, 6.07) is 5.14. The van der Waals surface area contributed by atoms with Crippen LogP contribution in [0.5, 0.6) is 11.5 Å². The number of piperazine rings is 1. The highest BCUT2D eigenvalue weighted by atomic mass is 16.5. The van der Waals surface area contributed by atoms with Gasteiger partial charge in [-0.3, -0.25) is 14.5 Å². The van der Waals surface area contributed by atoms with E-state index in [-0.39, 0.29) is 18.2 Å². The Morgan fingerprint density at radius 1 is 1.33 bits per heavy atom. The van der Waals surface area contributed by atoms with E-state index in [1.807, 2.05) is 23.1 Å². The molecule has 0 aromatic heterocycles. The summed E-state index contributed by atoms with van der Waals surface area (Å²) in [5.74, 6) is 1.25. The molecule has 7 nitrogen and oxygen atoms in total. The van der Waals surface area contributed by atoms with Gasteiger partial charge in [0.25, 0.3) is 0 Å². The van der Waals surface area contributed by atoms with Crippen molar-refractivity contribution in [1.29, 1.82) is 0 Å². The van der Waals surface area contributed by atoms with E-state index in [0.717, 1.165) is 5.56 Å². The van der Waals surface area contributed by atoms with Gasteiger partial charge < -0.3 is 19.7 Å². The van der Waals surface area contributed by atoms with Crippen LogP contribution in [0.2, 0.25) is 0 Å². The minimum absolute atomic E-state index is 0.0660. The van der Waals surface area contributed by atoms with E-state index in [9.17, 15) is 9.59 Å². The number of nitrogens with zero attached hydrogens (tertiary/aromatic N) is 2. The second-order valence-electron chi connectivity index (χ2n) is 5.95. The number of hydrogen-bond donors (Lipinski definition) is 1. The number of ether oxygens (including phenoxy) is 2. The lowest BCUT2D eigenvalue weighted by Gasteiger charge is -2.35. The predicted octanol–water partition coefficient (Wildman–Crippen LogP) is 0.483. The Hall–Kier alpha value is -2.28. The Kier molecular flexibility index (Phi) is 6.03. The molecule has 0 radical (unpaired) electrons. The lowest BCUT2D eigenvalue weighted by molar-refractivity contribution is -0.137. The molecule has 7 heteroatoms. The highest BCUT2D eigenvalue weighted by Crippen LogP contribution is 2.27. The topological polar surface area (TPSA) is 71.1 Å². The fourth-order valence-electron chi connectivity index (χ4n) is 2.72. The summed E-state index contributed by atoms with van der Waals surface area (Å²) in [5, 5.41) is 2.84. The second-order valence-corrected chi connectivity index (χ2v) is 5.95. The predicted molar refractivity (Wildman–Crippen MR) is 90.1 cm³/mol. The van der Waals surface area contributed by atoms with E-state index in [2.05, 4.69) is 5.32 Å². The molecule has 1 unspecified atom stereocenters. The molecule has 1 N–H and O–H groups in total. The number of carbonyl (C=O) groups is 2. The van der Waals surface area contributed by atoms with E-state index in [0.29, 0.717) is 31.1 Å². The van der Waals surface area contributed by atoms with Crippen LogP contribution in [0.25, 0.3) is 0 Å². The number of carbonyl (C=O) groups excluding carboxylic acids is 2. The molecule has 1 fully saturated rings. The molecule has 1 aromatic carbocycles. The molecule has 0 spiro atoms. The van der Waals surface area contributed by atoms with E-state index < -0.39 is 6.04 Å². The van der Waals surface area contributed by atoms with Crippen LogP contribution in [-0.2, 0) is 16.1 Å². The van der Waals surface area contributed by atoms with Crippen LogP contribution in [0.4, 0.5) is 0 Å². The van der Waals surface area contributed by atoms with Crippen molar-refractivity contribution in [2.45, 2.75) is 19.0 Å². The molecule has 1 heterocycles. The molecule has 132 valence electrons.